The van der Waals surface area contributed by atoms with Crippen LogP contribution in [-0.4, -0.2) is 26.9 Å². The zero-order chi connectivity index (χ0) is 15.6. The van der Waals surface area contributed by atoms with Gasteiger partial charge in [0.15, 0.2) is 0 Å². The lowest BCUT2D eigenvalue weighted by molar-refractivity contribution is -0.117. The fraction of sp³-hybridized carbons (Fsp3) is 0.462. The van der Waals surface area contributed by atoms with Crippen LogP contribution in [0.5, 0.6) is 0 Å². The molecule has 0 aliphatic heterocycles. The molecule has 0 aliphatic carbocycles. The van der Waals surface area contributed by atoms with Crippen LogP contribution in [0.25, 0.3) is 0 Å². The highest BCUT2D eigenvalue weighted by Crippen LogP contribution is 2.20. The highest BCUT2D eigenvalue weighted by molar-refractivity contribution is 7.89. The second-order valence-electron chi connectivity index (χ2n) is 5.40. The normalized spacial score (nSPS) is 12.2. The summed E-state index contributed by atoms with van der Waals surface area (Å²) in [6.07, 6.45) is 0.148. The van der Waals surface area contributed by atoms with Crippen molar-refractivity contribution < 1.29 is 13.2 Å². The number of anilines is 1. The molecule has 0 radical (unpaired) electrons. The number of aryl methyl sites for hydroxylation is 1. The maximum Gasteiger partial charge on any atom is 0.240 e. The van der Waals surface area contributed by atoms with Gasteiger partial charge in [0.2, 0.25) is 15.9 Å². The lowest BCUT2D eigenvalue weighted by Crippen LogP contribution is -2.36. The summed E-state index contributed by atoms with van der Waals surface area (Å²) in [5, 5.41) is 2.69. The van der Waals surface area contributed by atoms with Crippen molar-refractivity contribution in [1.82, 2.24) is 4.72 Å². The summed E-state index contributed by atoms with van der Waals surface area (Å²) in [6.45, 7) is 5.29. The molecule has 0 aliphatic rings. The van der Waals surface area contributed by atoms with E-state index >= 15 is 0 Å². The van der Waals surface area contributed by atoms with Crippen LogP contribution in [0.3, 0.4) is 0 Å². The Kier molecular flexibility index (Phi) is 4.90. The summed E-state index contributed by atoms with van der Waals surface area (Å²) >= 11 is 0. The molecule has 0 heterocycles. The maximum absolute atomic E-state index is 11.9. The van der Waals surface area contributed by atoms with E-state index in [1.165, 1.54) is 19.2 Å². The molecule has 0 saturated carbocycles. The van der Waals surface area contributed by atoms with Crippen LogP contribution in [-0.2, 0) is 14.8 Å². The molecule has 0 fully saturated rings. The number of nitrogens with two attached hydrogens (primary N) is 1. The molecule has 0 unspecified atom stereocenters. The van der Waals surface area contributed by atoms with Crippen LogP contribution in [0.4, 0.5) is 5.69 Å². The Morgan fingerprint density at radius 2 is 1.95 bits per heavy atom. The van der Waals surface area contributed by atoms with E-state index in [4.69, 9.17) is 5.73 Å². The smallest absolute Gasteiger partial charge is 0.240 e. The van der Waals surface area contributed by atoms with Gasteiger partial charge < -0.3 is 11.1 Å². The van der Waals surface area contributed by atoms with E-state index in [2.05, 4.69) is 10.0 Å². The first kappa shape index (κ1) is 16.6. The number of hydrogen-bond acceptors (Lipinski definition) is 4. The fourth-order valence-corrected chi connectivity index (χ4v) is 2.38. The quantitative estimate of drug-likeness (QED) is 0.754. The van der Waals surface area contributed by atoms with Crippen molar-refractivity contribution in [2.75, 3.05) is 12.4 Å². The molecule has 1 aromatic rings. The number of carbonyl (C=O) groups excluding carboxylic acids is 1. The molecule has 0 aromatic heterocycles. The highest BCUT2D eigenvalue weighted by Gasteiger charge is 2.18. The number of benzene rings is 1. The molecule has 0 spiro atoms. The Hall–Kier alpha value is -1.44. The number of hydrogen-bond donors (Lipinski definition) is 3. The SMILES string of the molecule is CNS(=O)(=O)c1ccc(C)c(NC(=O)CC(C)(C)N)c1. The topological polar surface area (TPSA) is 101 Å². The van der Waals surface area contributed by atoms with Crippen molar-refractivity contribution in [1.29, 1.82) is 0 Å². The molecule has 0 bridgehead atoms. The molecule has 0 atom stereocenters. The molecule has 0 saturated heterocycles. The summed E-state index contributed by atoms with van der Waals surface area (Å²) in [4.78, 5) is 12.0. The number of rotatable bonds is 5. The fourth-order valence-electron chi connectivity index (χ4n) is 1.63. The zero-order valence-corrected chi connectivity index (χ0v) is 13.0. The average molecular weight is 299 g/mol. The lowest BCUT2D eigenvalue weighted by atomic mass is 10.0. The van der Waals surface area contributed by atoms with Crippen LogP contribution in [0, 0.1) is 6.92 Å². The van der Waals surface area contributed by atoms with E-state index in [0.29, 0.717) is 5.69 Å². The Balaban J connectivity index is 3.02. The maximum atomic E-state index is 11.9. The first-order valence-corrected chi connectivity index (χ1v) is 7.66. The zero-order valence-electron chi connectivity index (χ0n) is 12.1. The lowest BCUT2D eigenvalue weighted by Gasteiger charge is -2.18. The van der Waals surface area contributed by atoms with Crippen molar-refractivity contribution in [2.45, 2.75) is 37.6 Å². The second-order valence-corrected chi connectivity index (χ2v) is 7.28. The first-order valence-electron chi connectivity index (χ1n) is 6.18. The minimum atomic E-state index is -3.53. The van der Waals surface area contributed by atoms with Crippen LogP contribution < -0.4 is 15.8 Å². The van der Waals surface area contributed by atoms with Crippen LogP contribution in [0.15, 0.2) is 23.1 Å². The molecule has 1 amide bonds. The molecule has 1 rings (SSSR count). The summed E-state index contributed by atoms with van der Waals surface area (Å²) in [6, 6.07) is 4.57. The third kappa shape index (κ3) is 4.59. The third-order valence-electron chi connectivity index (χ3n) is 2.68. The van der Waals surface area contributed by atoms with E-state index in [-0.39, 0.29) is 17.2 Å². The van der Waals surface area contributed by atoms with Gasteiger partial charge in [-0.3, -0.25) is 4.79 Å². The molecular weight excluding hydrogens is 278 g/mol. The van der Waals surface area contributed by atoms with Gasteiger partial charge >= 0.3 is 0 Å². The van der Waals surface area contributed by atoms with Gasteiger partial charge in [-0.05, 0) is 45.5 Å². The Labute approximate surface area is 119 Å². The van der Waals surface area contributed by atoms with E-state index in [9.17, 15) is 13.2 Å². The molecule has 112 valence electrons. The van der Waals surface area contributed by atoms with Crippen molar-refractivity contribution in [3.8, 4) is 0 Å². The standard InChI is InChI=1S/C13H21N3O3S/c1-9-5-6-10(20(18,19)15-4)7-11(9)16-12(17)8-13(2,3)14/h5-7,15H,8,14H2,1-4H3,(H,16,17). The van der Waals surface area contributed by atoms with Gasteiger partial charge in [0.05, 0.1) is 4.90 Å². The van der Waals surface area contributed by atoms with Crippen LogP contribution >= 0.6 is 0 Å². The van der Waals surface area contributed by atoms with Crippen molar-refractivity contribution in [3.05, 3.63) is 23.8 Å². The monoisotopic (exact) mass is 299 g/mol. The van der Waals surface area contributed by atoms with E-state index in [1.807, 2.05) is 0 Å². The molecule has 1 aromatic carbocycles. The largest absolute Gasteiger partial charge is 0.326 e. The summed E-state index contributed by atoms with van der Waals surface area (Å²) in [7, 11) is -2.20. The van der Waals surface area contributed by atoms with Crippen molar-refractivity contribution in [3.63, 3.8) is 0 Å². The highest BCUT2D eigenvalue weighted by atomic mass is 32.2. The van der Waals surface area contributed by atoms with Gasteiger partial charge in [0.1, 0.15) is 0 Å². The van der Waals surface area contributed by atoms with Gasteiger partial charge in [0.25, 0.3) is 0 Å². The van der Waals surface area contributed by atoms with Gasteiger partial charge in [-0.2, -0.15) is 0 Å². The molecule has 4 N–H and O–H groups in total. The number of sulfonamides is 1. The van der Waals surface area contributed by atoms with Crippen LogP contribution in [0.2, 0.25) is 0 Å². The van der Waals surface area contributed by atoms with Crippen LogP contribution in [0.1, 0.15) is 25.8 Å². The summed E-state index contributed by atoms with van der Waals surface area (Å²) in [5.41, 5.74) is 6.41. The summed E-state index contributed by atoms with van der Waals surface area (Å²) < 4.78 is 25.7. The first-order chi connectivity index (χ1) is 9.05. The molecule has 20 heavy (non-hydrogen) atoms. The number of amides is 1. The Bertz CT molecular complexity index is 604. The third-order valence-corrected chi connectivity index (χ3v) is 4.09. The second kappa shape index (κ2) is 5.90. The molecule has 7 heteroatoms. The van der Waals surface area contributed by atoms with Gasteiger partial charge in [-0.1, -0.05) is 6.07 Å². The molecule has 6 nitrogen and oxygen atoms in total. The Morgan fingerprint density at radius 3 is 2.45 bits per heavy atom. The average Bonchev–Trinajstić information content (AvgIpc) is 2.29. The van der Waals surface area contributed by atoms with Crippen molar-refractivity contribution in [2.24, 2.45) is 5.73 Å². The predicted molar refractivity (Wildman–Crippen MR) is 78.9 cm³/mol. The molecular formula is C13H21N3O3S. The Morgan fingerprint density at radius 1 is 1.35 bits per heavy atom. The van der Waals surface area contributed by atoms with Gasteiger partial charge in [-0.25, -0.2) is 13.1 Å². The minimum absolute atomic E-state index is 0.105. The van der Waals surface area contributed by atoms with Gasteiger partial charge in [-0.15, -0.1) is 0 Å². The predicted octanol–water partition coefficient (Wildman–Crippen LogP) is 0.969. The van der Waals surface area contributed by atoms with Gasteiger partial charge in [0, 0.05) is 17.6 Å². The van der Waals surface area contributed by atoms with E-state index < -0.39 is 15.6 Å². The number of carbonyl (C=O) groups is 1. The van der Waals surface area contributed by atoms with E-state index in [1.54, 1.807) is 26.8 Å². The minimum Gasteiger partial charge on any atom is -0.326 e. The van der Waals surface area contributed by atoms with E-state index in [0.717, 1.165) is 5.56 Å². The number of nitrogens with one attached hydrogen (secondary N) is 2. The summed E-state index contributed by atoms with van der Waals surface area (Å²) in [5.74, 6) is -0.250. The van der Waals surface area contributed by atoms with Crippen molar-refractivity contribution >= 4 is 21.6 Å².